The van der Waals surface area contributed by atoms with Crippen LogP contribution in [0.4, 0.5) is 0 Å². The van der Waals surface area contributed by atoms with Crippen LogP contribution in [0.5, 0.6) is 0 Å². The largest absolute Gasteiger partial charge is 0.545 e. The molecule has 0 aliphatic carbocycles. The number of carbonyl (C=O) groups is 3. The van der Waals surface area contributed by atoms with E-state index < -0.39 is 24.3 Å². The zero-order valence-electron chi connectivity index (χ0n) is 59.0. The summed E-state index contributed by atoms with van der Waals surface area (Å²) in [4.78, 5) is 37.6. The molecule has 0 aliphatic heterocycles. The fourth-order valence-electron chi connectivity index (χ4n) is 10.9. The first kappa shape index (κ1) is 85.5. The Morgan fingerprint density at radius 1 is 0.348 bits per heavy atom. The molecule has 516 valence electrons. The summed E-state index contributed by atoms with van der Waals surface area (Å²) in [6, 6.07) is 0. The Labute approximate surface area is 550 Å². The summed E-state index contributed by atoms with van der Waals surface area (Å²) >= 11 is 0. The van der Waals surface area contributed by atoms with Crippen LogP contribution in [0, 0.1) is 0 Å². The van der Waals surface area contributed by atoms with Crippen molar-refractivity contribution in [2.45, 2.75) is 360 Å². The van der Waals surface area contributed by atoms with Crippen LogP contribution in [0.15, 0.2) is 85.1 Å². The van der Waals surface area contributed by atoms with Gasteiger partial charge in [-0.25, -0.2) is 0 Å². The molecular weight excluding hydrogens is 1100 g/mol. The molecule has 0 aliphatic rings. The summed E-state index contributed by atoms with van der Waals surface area (Å²) in [6.45, 7) is 4.67. The number of carboxylic acid groups (broad SMARTS) is 1. The number of nitrogens with zero attached hydrogens (tertiary/aromatic N) is 1. The summed E-state index contributed by atoms with van der Waals surface area (Å²) in [6.07, 6.45) is 92.5. The first-order valence-electron chi connectivity index (χ1n) is 37.7. The fourth-order valence-corrected chi connectivity index (χ4v) is 10.9. The summed E-state index contributed by atoms with van der Waals surface area (Å²) in [5.74, 6) is -2.26. The van der Waals surface area contributed by atoms with Crippen LogP contribution in [0.2, 0.25) is 0 Å². The number of hydrogen-bond donors (Lipinski definition) is 0. The Morgan fingerprint density at radius 2 is 0.640 bits per heavy atom. The van der Waals surface area contributed by atoms with Gasteiger partial charge in [0.05, 0.1) is 40.3 Å². The summed E-state index contributed by atoms with van der Waals surface area (Å²) in [5.41, 5.74) is 0. The van der Waals surface area contributed by atoms with E-state index in [1.165, 1.54) is 244 Å². The van der Waals surface area contributed by atoms with Gasteiger partial charge in [-0.2, -0.15) is 0 Å². The lowest BCUT2D eigenvalue weighted by Crippen LogP contribution is -2.44. The van der Waals surface area contributed by atoms with Gasteiger partial charge in [-0.05, 0) is 89.9 Å². The van der Waals surface area contributed by atoms with Crippen molar-refractivity contribution in [2.24, 2.45) is 0 Å². The second kappa shape index (κ2) is 70.3. The molecule has 2 unspecified atom stereocenters. The summed E-state index contributed by atoms with van der Waals surface area (Å²) in [7, 11) is 5.94. The van der Waals surface area contributed by atoms with Crippen LogP contribution in [0.25, 0.3) is 0 Å². The highest BCUT2D eigenvalue weighted by Gasteiger charge is 2.22. The molecule has 9 nitrogen and oxygen atoms in total. The lowest BCUT2D eigenvalue weighted by atomic mass is 10.0. The molecule has 0 aromatic carbocycles. The maximum absolute atomic E-state index is 13.0. The number of likely N-dealkylation sites (N-methyl/N-ethyl adjacent to an activating group) is 1. The van der Waals surface area contributed by atoms with Crippen LogP contribution >= 0.6 is 0 Å². The molecule has 9 heteroatoms. The van der Waals surface area contributed by atoms with Crippen molar-refractivity contribution >= 4 is 17.9 Å². The van der Waals surface area contributed by atoms with Crippen molar-refractivity contribution in [3.8, 4) is 0 Å². The van der Waals surface area contributed by atoms with E-state index in [-0.39, 0.29) is 32.2 Å². The number of ether oxygens (including phenoxy) is 4. The Hall–Kier alpha value is -3.53. The van der Waals surface area contributed by atoms with Crippen molar-refractivity contribution in [3.63, 3.8) is 0 Å². The van der Waals surface area contributed by atoms with Crippen LogP contribution < -0.4 is 5.11 Å². The summed E-state index contributed by atoms with van der Waals surface area (Å²) in [5, 5.41) is 11.8. The maximum atomic E-state index is 13.0. The van der Waals surface area contributed by atoms with E-state index in [1.807, 2.05) is 21.1 Å². The van der Waals surface area contributed by atoms with E-state index in [0.717, 1.165) is 70.6 Å². The highest BCUT2D eigenvalue weighted by Crippen LogP contribution is 2.18. The highest BCUT2D eigenvalue weighted by molar-refractivity contribution is 5.70. The average Bonchev–Trinajstić information content (AvgIpc) is 3.64. The molecule has 0 aromatic rings. The number of carbonyl (C=O) groups excluding carboxylic acids is 3. The molecule has 89 heavy (non-hydrogen) atoms. The third kappa shape index (κ3) is 71.8. The van der Waals surface area contributed by atoms with Crippen LogP contribution in [0.1, 0.15) is 348 Å². The second-order valence-corrected chi connectivity index (χ2v) is 26.6. The predicted molar refractivity (Wildman–Crippen MR) is 380 cm³/mol. The lowest BCUT2D eigenvalue weighted by molar-refractivity contribution is -0.870. The van der Waals surface area contributed by atoms with Gasteiger partial charge in [-0.3, -0.25) is 9.59 Å². The molecular formula is C80H143NO8. The zero-order valence-corrected chi connectivity index (χ0v) is 59.0. The Balaban J connectivity index is 4.04. The quantitative estimate of drug-likeness (QED) is 0.0195. The molecule has 2 atom stereocenters. The number of aliphatic carboxylic acids is 1. The number of allylic oxidation sites excluding steroid dienone is 14. The molecule has 0 aromatic heterocycles. The number of unbranched alkanes of at least 4 members (excludes halogenated alkanes) is 41. The van der Waals surface area contributed by atoms with Gasteiger partial charge in [0.15, 0.2) is 12.4 Å². The van der Waals surface area contributed by atoms with Gasteiger partial charge >= 0.3 is 11.9 Å². The lowest BCUT2D eigenvalue weighted by Gasteiger charge is -2.26. The molecule has 0 saturated carbocycles. The Morgan fingerprint density at radius 3 is 0.955 bits per heavy atom. The predicted octanol–water partition coefficient (Wildman–Crippen LogP) is 22.5. The van der Waals surface area contributed by atoms with Crippen molar-refractivity contribution < 1.29 is 42.9 Å². The summed E-state index contributed by atoms with van der Waals surface area (Å²) < 4.78 is 22.9. The Bertz CT molecular complexity index is 1740. The van der Waals surface area contributed by atoms with Crippen LogP contribution in [0.3, 0.4) is 0 Å². The minimum atomic E-state index is -1.62. The highest BCUT2D eigenvalue weighted by atomic mass is 16.7. The molecule has 0 rings (SSSR count). The zero-order chi connectivity index (χ0) is 64.7. The van der Waals surface area contributed by atoms with Gasteiger partial charge in [-0.1, -0.05) is 330 Å². The van der Waals surface area contributed by atoms with Crippen molar-refractivity contribution in [2.75, 3.05) is 47.5 Å². The minimum Gasteiger partial charge on any atom is -0.545 e. The molecule has 0 saturated heterocycles. The first-order chi connectivity index (χ1) is 43.6. The van der Waals surface area contributed by atoms with Crippen molar-refractivity contribution in [3.05, 3.63) is 85.1 Å². The molecule has 0 spiro atoms. The van der Waals surface area contributed by atoms with Gasteiger partial charge in [0.1, 0.15) is 13.2 Å². The van der Waals surface area contributed by atoms with Gasteiger partial charge in [-0.15, -0.1) is 0 Å². The standard InChI is InChI=1S/C80H143NO8/c1-6-8-10-12-14-16-18-20-22-24-26-28-30-32-34-36-37-38-39-40-41-43-45-47-49-51-53-55-57-59-61-63-65-67-69-71-78(83)89-76(75-88-80(79(84)85)86-73-72-81(3,4)5)74-87-77(82)70-68-66-64-62-60-58-56-54-52-50-48-46-44-42-35-33-31-29-27-25-23-21-19-17-15-13-11-9-7-2/h8,10,14,16,19-22,25-28,32,34,76,80H,6-7,9,11-13,15,17-18,23-24,29-31,33,35-75H2,1-5H3/b10-8-,16-14-,21-19-,22-20-,27-25-,28-26-,34-32-. The van der Waals surface area contributed by atoms with Crippen molar-refractivity contribution in [1.29, 1.82) is 0 Å². The van der Waals surface area contributed by atoms with Gasteiger partial charge in [0.25, 0.3) is 0 Å². The van der Waals surface area contributed by atoms with E-state index >= 15 is 0 Å². The number of hydrogen-bond acceptors (Lipinski definition) is 8. The first-order valence-corrected chi connectivity index (χ1v) is 37.7. The smallest absolute Gasteiger partial charge is 0.306 e. The van der Waals surface area contributed by atoms with E-state index in [1.54, 1.807) is 0 Å². The normalized spacial score (nSPS) is 13.1. The van der Waals surface area contributed by atoms with E-state index in [9.17, 15) is 19.5 Å². The van der Waals surface area contributed by atoms with Crippen LogP contribution in [-0.4, -0.2) is 82.3 Å². The Kier molecular flexibility index (Phi) is 67.6. The van der Waals surface area contributed by atoms with E-state index in [4.69, 9.17) is 18.9 Å². The third-order valence-corrected chi connectivity index (χ3v) is 16.6. The number of carboxylic acids is 1. The van der Waals surface area contributed by atoms with E-state index in [0.29, 0.717) is 23.9 Å². The van der Waals surface area contributed by atoms with Gasteiger partial charge in [0.2, 0.25) is 0 Å². The number of esters is 2. The molecule has 0 N–H and O–H groups in total. The number of rotatable bonds is 70. The molecule has 0 bridgehead atoms. The monoisotopic (exact) mass is 1250 g/mol. The SMILES string of the molecule is CC/C=C\C/C=C\C/C=C\C/C=C\C/C=C\CCCCCCCCCCCCCCCCCCCCCC(=O)OC(COC(=O)CCCCCCCCCCCCCCCCCCC/C=C\C/C=C\CCCCCCC)COC(OCC[N+](C)(C)C)C(=O)[O-]. The molecule has 0 amide bonds. The third-order valence-electron chi connectivity index (χ3n) is 16.6. The second-order valence-electron chi connectivity index (χ2n) is 26.6. The van der Waals surface area contributed by atoms with Gasteiger partial charge < -0.3 is 33.3 Å². The average molecular weight is 1250 g/mol. The van der Waals surface area contributed by atoms with Gasteiger partial charge in [0, 0.05) is 12.8 Å². The number of quaternary nitrogens is 1. The van der Waals surface area contributed by atoms with Crippen LogP contribution in [-0.2, 0) is 33.3 Å². The molecule has 0 fully saturated rings. The maximum Gasteiger partial charge on any atom is 0.306 e. The molecule has 0 heterocycles. The topological polar surface area (TPSA) is 111 Å². The molecule has 0 radical (unpaired) electrons. The van der Waals surface area contributed by atoms with Crippen molar-refractivity contribution in [1.82, 2.24) is 0 Å². The fraction of sp³-hybridized carbons (Fsp3) is 0.787. The minimum absolute atomic E-state index is 0.148. The van der Waals surface area contributed by atoms with E-state index in [2.05, 4.69) is 98.9 Å².